The Hall–Kier alpha value is -2.25. The van der Waals surface area contributed by atoms with E-state index in [1.54, 1.807) is 4.90 Å². The van der Waals surface area contributed by atoms with E-state index in [1.807, 2.05) is 12.1 Å². The Kier molecular flexibility index (Phi) is 6.27. The Balaban J connectivity index is 1.59. The van der Waals surface area contributed by atoms with Gasteiger partial charge < -0.3 is 4.74 Å². The van der Waals surface area contributed by atoms with E-state index >= 15 is 0 Å². The van der Waals surface area contributed by atoms with Gasteiger partial charge >= 0.3 is 0 Å². The van der Waals surface area contributed by atoms with Gasteiger partial charge in [0.05, 0.1) is 17.5 Å². The van der Waals surface area contributed by atoms with Crippen LogP contribution in [0.2, 0.25) is 0 Å². The molecule has 1 aromatic carbocycles. The first-order valence-electron chi connectivity index (χ1n) is 12.1. The Morgan fingerprint density at radius 2 is 1.85 bits per heavy atom. The topological polar surface area (TPSA) is 72.4 Å². The van der Waals surface area contributed by atoms with Gasteiger partial charge in [0, 0.05) is 11.8 Å². The molecule has 6 nitrogen and oxygen atoms in total. The van der Waals surface area contributed by atoms with E-state index in [0.29, 0.717) is 35.4 Å². The third-order valence-electron chi connectivity index (χ3n) is 6.95. The van der Waals surface area contributed by atoms with Crippen molar-refractivity contribution in [2.24, 2.45) is 11.8 Å². The molecule has 0 radical (unpaired) electrons. The largest absolute Gasteiger partial charge is 0.483 e. The van der Waals surface area contributed by atoms with Gasteiger partial charge in [0.25, 0.3) is 5.91 Å². The van der Waals surface area contributed by atoms with Crippen LogP contribution in [0.3, 0.4) is 0 Å². The summed E-state index contributed by atoms with van der Waals surface area (Å²) >= 11 is 7.83. The molecule has 3 aliphatic rings. The van der Waals surface area contributed by atoms with Gasteiger partial charge in [-0.25, -0.2) is 0 Å². The Labute approximate surface area is 209 Å². The van der Waals surface area contributed by atoms with Crippen molar-refractivity contribution in [2.75, 3.05) is 4.90 Å². The number of nitrogens with zero attached hydrogens (tertiary/aromatic N) is 3. The summed E-state index contributed by atoms with van der Waals surface area (Å²) in [7, 11) is 0. The number of alkyl halides is 1. The zero-order valence-corrected chi connectivity index (χ0v) is 21.5. The van der Waals surface area contributed by atoms with E-state index in [1.165, 1.54) is 16.9 Å². The van der Waals surface area contributed by atoms with Crippen LogP contribution in [0.25, 0.3) is 0 Å². The minimum absolute atomic E-state index is 0.0164. The van der Waals surface area contributed by atoms with Crippen molar-refractivity contribution >= 4 is 39.8 Å². The third kappa shape index (κ3) is 4.07. The van der Waals surface area contributed by atoms with E-state index in [-0.39, 0.29) is 34.8 Å². The number of rotatable bonds is 5. The number of hydrogen-bond donors (Lipinski definition) is 0. The standard InChI is InChI=1S/C26H30ClN3O3S/c1-13(2)11-20-28-29-26(34-20)30-22(16-7-5-15(6-8-16)14(3)4)21-23(31)18-12-17(27)9-10-19(18)33-24(21)25(30)32/h5-8,13-14,17-19,22H,9-12H2,1-4H3. The first kappa shape index (κ1) is 23.5. The third-order valence-corrected chi connectivity index (χ3v) is 8.29. The summed E-state index contributed by atoms with van der Waals surface area (Å²) in [5, 5.41) is 10.0. The molecule has 2 aliphatic heterocycles. The number of ketones is 1. The molecule has 0 N–H and O–H groups in total. The predicted molar refractivity (Wildman–Crippen MR) is 133 cm³/mol. The highest BCUT2D eigenvalue weighted by Gasteiger charge is 2.53. The summed E-state index contributed by atoms with van der Waals surface area (Å²) in [6.45, 7) is 8.53. The number of amides is 1. The van der Waals surface area contributed by atoms with Gasteiger partial charge in [-0.05, 0) is 42.2 Å². The summed E-state index contributed by atoms with van der Waals surface area (Å²) in [4.78, 5) is 29.1. The molecule has 3 heterocycles. The molecular formula is C26H30ClN3O3S. The van der Waals surface area contributed by atoms with Gasteiger partial charge in [0.15, 0.2) is 11.5 Å². The first-order chi connectivity index (χ1) is 16.2. The van der Waals surface area contributed by atoms with Crippen LogP contribution in [0.15, 0.2) is 35.6 Å². The summed E-state index contributed by atoms with van der Waals surface area (Å²) in [6, 6.07) is 7.58. The van der Waals surface area contributed by atoms with Gasteiger partial charge in [-0.2, -0.15) is 0 Å². The molecule has 1 amide bonds. The summed E-state index contributed by atoms with van der Waals surface area (Å²) in [5.41, 5.74) is 2.51. The number of aromatic nitrogens is 2. The molecular weight excluding hydrogens is 470 g/mol. The number of anilines is 1. The lowest BCUT2D eigenvalue weighted by Gasteiger charge is -2.37. The van der Waals surface area contributed by atoms with Crippen LogP contribution in [-0.4, -0.2) is 33.4 Å². The maximum absolute atomic E-state index is 13.8. The molecule has 5 rings (SSSR count). The second-order valence-corrected chi connectivity index (χ2v) is 11.9. The molecule has 180 valence electrons. The van der Waals surface area contributed by atoms with E-state index in [2.05, 4.69) is 50.0 Å². The van der Waals surface area contributed by atoms with E-state index < -0.39 is 6.04 Å². The van der Waals surface area contributed by atoms with Crippen LogP contribution in [0, 0.1) is 11.8 Å². The molecule has 8 heteroatoms. The van der Waals surface area contributed by atoms with Crippen molar-refractivity contribution in [2.45, 2.75) is 76.8 Å². The van der Waals surface area contributed by atoms with Crippen LogP contribution in [0.5, 0.6) is 0 Å². The molecule has 0 spiro atoms. The number of ether oxygens (including phenoxy) is 1. The van der Waals surface area contributed by atoms with Gasteiger partial charge in [-0.1, -0.05) is 63.3 Å². The van der Waals surface area contributed by atoms with Crippen molar-refractivity contribution in [3.05, 3.63) is 51.7 Å². The molecule has 1 aromatic heterocycles. The fourth-order valence-corrected chi connectivity index (χ4v) is 6.56. The lowest BCUT2D eigenvalue weighted by Crippen LogP contribution is -2.41. The number of benzene rings is 1. The molecule has 1 saturated carbocycles. The molecule has 0 saturated heterocycles. The van der Waals surface area contributed by atoms with Crippen molar-refractivity contribution in [1.82, 2.24) is 10.2 Å². The highest BCUT2D eigenvalue weighted by Crippen LogP contribution is 2.49. The summed E-state index contributed by atoms with van der Waals surface area (Å²) in [5.74, 6) is 0.355. The average Bonchev–Trinajstić information content (AvgIpc) is 3.36. The SMILES string of the molecule is CC(C)Cc1nnc(N2C(=O)C3=C(C(=O)C4CC(Cl)CCC4O3)C2c2ccc(C(C)C)cc2)s1. The van der Waals surface area contributed by atoms with Crippen LogP contribution in [-0.2, 0) is 20.7 Å². The molecule has 4 unspecified atom stereocenters. The van der Waals surface area contributed by atoms with E-state index in [0.717, 1.165) is 23.4 Å². The maximum atomic E-state index is 13.8. The van der Waals surface area contributed by atoms with Crippen LogP contribution in [0.1, 0.15) is 75.1 Å². The van der Waals surface area contributed by atoms with Crippen LogP contribution < -0.4 is 4.90 Å². The normalized spacial score (nSPS) is 26.9. The second-order valence-electron chi connectivity index (χ2n) is 10.3. The van der Waals surface area contributed by atoms with Gasteiger partial charge in [0.1, 0.15) is 11.1 Å². The fraction of sp³-hybridized carbons (Fsp3) is 0.538. The Bertz CT molecular complexity index is 1140. The number of Topliss-reactive ketones (excluding diaryl/α,β-unsaturated/α-hetero) is 1. The fourth-order valence-electron chi connectivity index (χ4n) is 5.17. The lowest BCUT2D eigenvalue weighted by atomic mass is 9.77. The molecule has 2 aromatic rings. The van der Waals surface area contributed by atoms with Crippen LogP contribution >= 0.6 is 22.9 Å². The molecule has 1 fully saturated rings. The second kappa shape index (κ2) is 9.08. The summed E-state index contributed by atoms with van der Waals surface area (Å²) < 4.78 is 6.25. The number of fused-ring (bicyclic) bond motifs is 1. The minimum Gasteiger partial charge on any atom is -0.483 e. The summed E-state index contributed by atoms with van der Waals surface area (Å²) in [6.07, 6.45) is 2.54. The van der Waals surface area contributed by atoms with Crippen molar-refractivity contribution in [3.8, 4) is 0 Å². The zero-order valence-electron chi connectivity index (χ0n) is 20.0. The lowest BCUT2D eigenvalue weighted by molar-refractivity contribution is -0.131. The smallest absolute Gasteiger partial charge is 0.296 e. The van der Waals surface area contributed by atoms with Gasteiger partial charge in [-0.15, -0.1) is 21.8 Å². The van der Waals surface area contributed by atoms with E-state index in [9.17, 15) is 9.59 Å². The highest BCUT2D eigenvalue weighted by molar-refractivity contribution is 7.15. The average molecular weight is 500 g/mol. The van der Waals surface area contributed by atoms with Crippen LogP contribution in [0.4, 0.5) is 5.13 Å². The van der Waals surface area contributed by atoms with E-state index in [4.69, 9.17) is 16.3 Å². The monoisotopic (exact) mass is 499 g/mol. The minimum atomic E-state index is -0.576. The molecule has 34 heavy (non-hydrogen) atoms. The Morgan fingerprint density at radius 1 is 1.12 bits per heavy atom. The molecule has 1 aliphatic carbocycles. The maximum Gasteiger partial charge on any atom is 0.296 e. The highest BCUT2D eigenvalue weighted by atomic mass is 35.5. The number of carbonyl (C=O) groups is 2. The number of hydrogen-bond acceptors (Lipinski definition) is 6. The number of carbonyl (C=O) groups excluding carboxylic acids is 2. The Morgan fingerprint density at radius 3 is 2.53 bits per heavy atom. The molecule has 4 atom stereocenters. The predicted octanol–water partition coefficient (Wildman–Crippen LogP) is 5.58. The number of halogens is 1. The molecule has 0 bridgehead atoms. The van der Waals surface area contributed by atoms with Gasteiger partial charge in [0.2, 0.25) is 5.13 Å². The van der Waals surface area contributed by atoms with Crippen molar-refractivity contribution < 1.29 is 14.3 Å². The quantitative estimate of drug-likeness (QED) is 0.502. The van der Waals surface area contributed by atoms with Crippen molar-refractivity contribution in [1.29, 1.82) is 0 Å². The first-order valence-corrected chi connectivity index (χ1v) is 13.3. The zero-order chi connectivity index (χ0) is 24.1. The van der Waals surface area contributed by atoms with Crippen molar-refractivity contribution in [3.63, 3.8) is 0 Å². The van der Waals surface area contributed by atoms with Gasteiger partial charge in [-0.3, -0.25) is 14.5 Å².